The Hall–Kier alpha value is -1.81. The Kier molecular flexibility index (Phi) is 10.8. The van der Waals surface area contributed by atoms with Crippen molar-refractivity contribution in [1.29, 1.82) is 0 Å². The number of halogens is 1. The van der Waals surface area contributed by atoms with E-state index in [4.69, 9.17) is 14.4 Å². The number of aromatic nitrogens is 1. The number of nitrogens with one attached hydrogen (secondary N) is 2. The van der Waals surface area contributed by atoms with Crippen LogP contribution < -0.4 is 15.5 Å². The van der Waals surface area contributed by atoms with Gasteiger partial charge in [0.15, 0.2) is 5.96 Å². The highest BCUT2D eigenvalue weighted by atomic mass is 127. The van der Waals surface area contributed by atoms with Gasteiger partial charge in [-0.2, -0.15) is 0 Å². The van der Waals surface area contributed by atoms with Crippen molar-refractivity contribution in [2.75, 3.05) is 44.2 Å². The maximum absolute atomic E-state index is 5.74. The molecule has 2 aromatic rings. The van der Waals surface area contributed by atoms with Gasteiger partial charge in [0.25, 0.3) is 0 Å². The minimum absolute atomic E-state index is 0. The van der Waals surface area contributed by atoms with Gasteiger partial charge in [0, 0.05) is 32.4 Å². The second kappa shape index (κ2) is 13.8. The Balaban J connectivity index is 0.00000306. The Labute approximate surface area is 215 Å². The van der Waals surface area contributed by atoms with Crippen LogP contribution >= 0.6 is 24.0 Å². The second-order valence-electron chi connectivity index (χ2n) is 8.78. The molecule has 0 radical (unpaired) electrons. The van der Waals surface area contributed by atoms with Crippen LogP contribution in [0.3, 0.4) is 0 Å². The average molecular weight is 567 g/mol. The molecule has 0 amide bonds. The third-order valence-electron chi connectivity index (χ3n) is 6.42. The van der Waals surface area contributed by atoms with Crippen molar-refractivity contribution >= 4 is 35.8 Å². The van der Waals surface area contributed by atoms with Crippen molar-refractivity contribution in [1.82, 2.24) is 20.5 Å². The molecule has 0 spiro atoms. The molecule has 182 valence electrons. The summed E-state index contributed by atoms with van der Waals surface area (Å²) in [5.74, 6) is 2.94. The first kappa shape index (κ1) is 25.8. The van der Waals surface area contributed by atoms with Gasteiger partial charge in [-0.15, -0.1) is 24.0 Å². The molecule has 0 bridgehead atoms. The van der Waals surface area contributed by atoms with Crippen LogP contribution in [-0.4, -0.2) is 55.1 Å². The maximum atomic E-state index is 5.74. The van der Waals surface area contributed by atoms with Crippen LogP contribution in [0.4, 0.5) is 5.82 Å². The van der Waals surface area contributed by atoms with E-state index in [9.17, 15) is 0 Å². The largest absolute Gasteiger partial charge is 0.468 e. The number of guanidine groups is 1. The Morgan fingerprint density at radius 3 is 2.42 bits per heavy atom. The molecule has 4 rings (SSSR count). The zero-order valence-electron chi connectivity index (χ0n) is 19.8. The minimum Gasteiger partial charge on any atom is -0.468 e. The molecule has 2 aromatic heterocycles. The fraction of sp³-hybridized carbons (Fsp3) is 0.600. The zero-order valence-corrected chi connectivity index (χ0v) is 22.2. The summed E-state index contributed by atoms with van der Waals surface area (Å²) in [6, 6.07) is 8.59. The molecule has 0 saturated carbocycles. The first-order valence-electron chi connectivity index (χ1n) is 12.3. The smallest absolute Gasteiger partial charge is 0.191 e. The summed E-state index contributed by atoms with van der Waals surface area (Å²) in [5, 5.41) is 6.91. The van der Waals surface area contributed by atoms with Crippen molar-refractivity contribution in [3.63, 3.8) is 0 Å². The third-order valence-corrected chi connectivity index (χ3v) is 6.42. The summed E-state index contributed by atoms with van der Waals surface area (Å²) in [6.45, 7) is 8.78. The molecule has 1 atom stereocenters. The fourth-order valence-corrected chi connectivity index (χ4v) is 4.65. The number of aliphatic imine (C=N–C) groups is 1. The van der Waals surface area contributed by atoms with Gasteiger partial charge in [-0.1, -0.05) is 18.9 Å². The average Bonchev–Trinajstić information content (AvgIpc) is 3.49. The predicted octanol–water partition coefficient (Wildman–Crippen LogP) is 4.57. The highest BCUT2D eigenvalue weighted by molar-refractivity contribution is 14.0. The van der Waals surface area contributed by atoms with E-state index in [2.05, 4.69) is 45.6 Å². The minimum atomic E-state index is 0. The highest BCUT2D eigenvalue weighted by Gasteiger charge is 2.25. The van der Waals surface area contributed by atoms with Gasteiger partial charge < -0.3 is 20.0 Å². The fourth-order valence-electron chi connectivity index (χ4n) is 4.65. The molecule has 1 unspecified atom stereocenters. The van der Waals surface area contributed by atoms with Crippen LogP contribution in [0.25, 0.3) is 0 Å². The van der Waals surface area contributed by atoms with Crippen LogP contribution in [0.15, 0.2) is 46.1 Å². The number of pyridine rings is 1. The van der Waals surface area contributed by atoms with Crippen LogP contribution in [-0.2, 0) is 6.54 Å². The zero-order chi connectivity index (χ0) is 22.0. The number of hydrogen-bond donors (Lipinski definition) is 2. The van der Waals surface area contributed by atoms with Crippen LogP contribution in [0.1, 0.15) is 62.8 Å². The van der Waals surface area contributed by atoms with Gasteiger partial charge in [-0.05, 0) is 69.5 Å². The lowest BCUT2D eigenvalue weighted by Crippen LogP contribution is -2.42. The van der Waals surface area contributed by atoms with E-state index < -0.39 is 0 Å². The molecule has 7 nitrogen and oxygen atoms in total. The lowest BCUT2D eigenvalue weighted by atomic mass is 10.2. The molecule has 4 heterocycles. The molecular formula is C25H39IN6O. The quantitative estimate of drug-likeness (QED) is 0.278. The Morgan fingerprint density at radius 1 is 1.03 bits per heavy atom. The molecule has 2 fully saturated rings. The summed E-state index contributed by atoms with van der Waals surface area (Å²) in [4.78, 5) is 14.5. The van der Waals surface area contributed by atoms with Gasteiger partial charge in [-0.3, -0.25) is 4.90 Å². The van der Waals surface area contributed by atoms with Crippen molar-refractivity contribution < 1.29 is 4.42 Å². The third kappa shape index (κ3) is 7.60. The lowest BCUT2D eigenvalue weighted by Gasteiger charge is -2.26. The summed E-state index contributed by atoms with van der Waals surface area (Å²) in [5.41, 5.74) is 1.13. The molecule has 2 aliphatic rings. The van der Waals surface area contributed by atoms with E-state index in [-0.39, 0.29) is 30.0 Å². The molecular weight excluding hydrogens is 527 g/mol. The first-order valence-corrected chi connectivity index (χ1v) is 12.3. The monoisotopic (exact) mass is 566 g/mol. The van der Waals surface area contributed by atoms with Crippen molar-refractivity contribution in [3.05, 3.63) is 48.0 Å². The molecule has 2 aliphatic heterocycles. The van der Waals surface area contributed by atoms with E-state index in [0.717, 1.165) is 62.4 Å². The first-order chi connectivity index (χ1) is 15.8. The number of furan rings is 1. The SMILES string of the molecule is CCNC(=NCc1ccc(N2CCCCCC2)nc1)NCC(c1ccco1)N1CCCC1.I. The molecule has 0 aromatic carbocycles. The summed E-state index contributed by atoms with van der Waals surface area (Å²) < 4.78 is 5.74. The van der Waals surface area contributed by atoms with Crippen molar-refractivity contribution in [2.24, 2.45) is 4.99 Å². The number of rotatable bonds is 8. The Bertz CT molecular complexity index is 812. The van der Waals surface area contributed by atoms with Gasteiger partial charge in [0.2, 0.25) is 0 Å². The van der Waals surface area contributed by atoms with E-state index in [0.29, 0.717) is 6.54 Å². The number of anilines is 1. The molecule has 0 aliphatic carbocycles. The normalized spacial score (nSPS) is 18.5. The van der Waals surface area contributed by atoms with E-state index >= 15 is 0 Å². The summed E-state index contributed by atoms with van der Waals surface area (Å²) in [7, 11) is 0. The van der Waals surface area contributed by atoms with Gasteiger partial charge >= 0.3 is 0 Å². The van der Waals surface area contributed by atoms with Crippen LogP contribution in [0, 0.1) is 0 Å². The summed E-state index contributed by atoms with van der Waals surface area (Å²) in [6.07, 6.45) is 11.5. The van der Waals surface area contributed by atoms with Crippen molar-refractivity contribution in [2.45, 2.75) is 58.0 Å². The topological polar surface area (TPSA) is 68.9 Å². The molecule has 8 heteroatoms. The number of hydrogen-bond acceptors (Lipinski definition) is 5. The Morgan fingerprint density at radius 2 is 1.79 bits per heavy atom. The van der Waals surface area contributed by atoms with Gasteiger partial charge in [-0.25, -0.2) is 9.98 Å². The van der Waals surface area contributed by atoms with E-state index in [1.165, 1.54) is 38.5 Å². The van der Waals surface area contributed by atoms with Gasteiger partial charge in [0.05, 0.1) is 18.8 Å². The number of likely N-dealkylation sites (tertiary alicyclic amines) is 1. The van der Waals surface area contributed by atoms with Gasteiger partial charge in [0.1, 0.15) is 11.6 Å². The molecule has 2 saturated heterocycles. The van der Waals surface area contributed by atoms with E-state index in [1.54, 1.807) is 6.26 Å². The standard InChI is InChI=1S/C25H38N6O.HI/c1-2-26-25(29-20-22(23-10-9-17-32-23)30-13-7-8-14-30)28-19-21-11-12-24(27-18-21)31-15-5-3-4-6-16-31;/h9-12,17-18,22H,2-8,13-16,19-20H2,1H3,(H2,26,28,29);1H. The number of nitrogens with zero attached hydrogens (tertiary/aromatic N) is 4. The van der Waals surface area contributed by atoms with Crippen LogP contribution in [0.2, 0.25) is 0 Å². The maximum Gasteiger partial charge on any atom is 0.191 e. The predicted molar refractivity (Wildman–Crippen MR) is 145 cm³/mol. The molecule has 2 N–H and O–H groups in total. The summed E-state index contributed by atoms with van der Waals surface area (Å²) >= 11 is 0. The van der Waals surface area contributed by atoms with E-state index in [1.807, 2.05) is 12.3 Å². The second-order valence-corrected chi connectivity index (χ2v) is 8.78. The highest BCUT2D eigenvalue weighted by Crippen LogP contribution is 2.25. The van der Waals surface area contributed by atoms with Crippen molar-refractivity contribution in [3.8, 4) is 0 Å². The lowest BCUT2D eigenvalue weighted by molar-refractivity contribution is 0.215. The van der Waals surface area contributed by atoms with Crippen LogP contribution in [0.5, 0.6) is 0 Å². The molecule has 33 heavy (non-hydrogen) atoms.